The first-order valence-corrected chi connectivity index (χ1v) is 4.91. The summed E-state index contributed by atoms with van der Waals surface area (Å²) in [5.41, 5.74) is 5.90. The fourth-order valence-corrected chi connectivity index (χ4v) is 3.17. The summed E-state index contributed by atoms with van der Waals surface area (Å²) in [7, 11) is 0. The van der Waals surface area contributed by atoms with Crippen LogP contribution in [0.3, 0.4) is 0 Å². The zero-order valence-electron chi connectivity index (χ0n) is 5.39. The Morgan fingerprint density at radius 3 is 2.11 bits per heavy atom. The number of hydrogen-bond donors (Lipinski definition) is 1. The maximum absolute atomic E-state index is 5.90. The van der Waals surface area contributed by atoms with E-state index in [1.54, 1.807) is 0 Å². The van der Waals surface area contributed by atoms with Crippen molar-refractivity contribution >= 4 is 22.6 Å². The van der Waals surface area contributed by atoms with E-state index in [-0.39, 0.29) is 0 Å². The van der Waals surface area contributed by atoms with E-state index in [9.17, 15) is 0 Å². The number of nitrogens with two attached hydrogens (primary N) is 1. The Morgan fingerprint density at radius 1 is 1.11 bits per heavy atom. The standard InChI is InChI=1S/C7H12IN/c8-6-3-7(9)5-1-4(6)2-5/h4-7H,1-3,9H2/t4?,5?,6-,7+/m1/s1. The molecule has 9 heavy (non-hydrogen) atoms. The van der Waals surface area contributed by atoms with Crippen LogP contribution < -0.4 is 5.73 Å². The van der Waals surface area contributed by atoms with Gasteiger partial charge in [0.25, 0.3) is 0 Å². The minimum absolute atomic E-state index is 0.539. The lowest BCUT2D eigenvalue weighted by atomic mass is 9.63. The van der Waals surface area contributed by atoms with E-state index in [2.05, 4.69) is 22.6 Å². The molecule has 0 aliphatic heterocycles. The minimum atomic E-state index is 0.539. The second kappa shape index (κ2) is 2.09. The Bertz CT molecular complexity index is 108. The van der Waals surface area contributed by atoms with Crippen molar-refractivity contribution in [2.45, 2.75) is 29.2 Å². The highest BCUT2D eigenvalue weighted by atomic mass is 127. The summed E-state index contributed by atoms with van der Waals surface area (Å²) in [5, 5.41) is 0. The summed E-state index contributed by atoms with van der Waals surface area (Å²) in [6.07, 6.45) is 4.12. The molecule has 3 saturated carbocycles. The second-order valence-electron chi connectivity index (χ2n) is 3.41. The number of hydrogen-bond acceptors (Lipinski definition) is 1. The Balaban J connectivity index is 2.04. The van der Waals surface area contributed by atoms with Crippen molar-refractivity contribution in [3.63, 3.8) is 0 Å². The van der Waals surface area contributed by atoms with Crippen LogP contribution in [-0.4, -0.2) is 9.97 Å². The van der Waals surface area contributed by atoms with Crippen LogP contribution in [0.25, 0.3) is 0 Å². The van der Waals surface area contributed by atoms with E-state index in [1.807, 2.05) is 0 Å². The number of halogens is 1. The van der Waals surface area contributed by atoms with Gasteiger partial charge in [0.2, 0.25) is 0 Å². The van der Waals surface area contributed by atoms with Gasteiger partial charge in [0.05, 0.1) is 0 Å². The lowest BCUT2D eigenvalue weighted by Crippen LogP contribution is -2.49. The first kappa shape index (κ1) is 6.40. The zero-order valence-corrected chi connectivity index (χ0v) is 7.54. The molecule has 2 heteroatoms. The molecule has 0 aromatic heterocycles. The van der Waals surface area contributed by atoms with Crippen LogP contribution in [0, 0.1) is 11.8 Å². The van der Waals surface area contributed by atoms with E-state index in [0.717, 1.165) is 15.8 Å². The third-order valence-electron chi connectivity index (χ3n) is 2.83. The summed E-state index contributed by atoms with van der Waals surface area (Å²) in [6.45, 7) is 0. The second-order valence-corrected chi connectivity index (χ2v) is 5.01. The molecular formula is C7H12IN. The van der Waals surface area contributed by atoms with Crippen LogP contribution in [0.4, 0.5) is 0 Å². The Kier molecular flexibility index (Phi) is 1.49. The molecule has 0 spiro atoms. The fraction of sp³-hybridized carbons (Fsp3) is 1.00. The Labute approximate surface area is 69.5 Å². The average Bonchev–Trinajstić information content (AvgIpc) is 1.57. The third kappa shape index (κ3) is 0.909. The van der Waals surface area contributed by atoms with E-state index in [4.69, 9.17) is 5.73 Å². The predicted octanol–water partition coefficient (Wildman–Crippen LogP) is 1.55. The van der Waals surface area contributed by atoms with Crippen LogP contribution in [0.15, 0.2) is 0 Å². The van der Waals surface area contributed by atoms with Gasteiger partial charge in [0, 0.05) is 9.97 Å². The van der Waals surface area contributed by atoms with Crippen LogP contribution in [0.5, 0.6) is 0 Å². The van der Waals surface area contributed by atoms with Crippen LogP contribution >= 0.6 is 22.6 Å². The van der Waals surface area contributed by atoms with Gasteiger partial charge in [-0.15, -0.1) is 0 Å². The summed E-state index contributed by atoms with van der Waals surface area (Å²) in [5.74, 6) is 1.94. The molecule has 0 aromatic rings. The largest absolute Gasteiger partial charge is 0.327 e. The van der Waals surface area contributed by atoms with Crippen molar-refractivity contribution in [2.75, 3.05) is 0 Å². The molecule has 2 bridgehead atoms. The molecule has 3 fully saturated rings. The van der Waals surface area contributed by atoms with E-state index in [1.165, 1.54) is 19.3 Å². The highest BCUT2D eigenvalue weighted by Gasteiger charge is 2.43. The van der Waals surface area contributed by atoms with E-state index < -0.39 is 0 Å². The van der Waals surface area contributed by atoms with Gasteiger partial charge < -0.3 is 5.73 Å². The molecule has 0 unspecified atom stereocenters. The van der Waals surface area contributed by atoms with Crippen LogP contribution in [0.1, 0.15) is 19.3 Å². The van der Waals surface area contributed by atoms with Crippen molar-refractivity contribution in [1.82, 2.24) is 0 Å². The molecule has 1 nitrogen and oxygen atoms in total. The summed E-state index contributed by atoms with van der Waals surface area (Å²) >= 11 is 2.56. The topological polar surface area (TPSA) is 26.0 Å². The molecule has 2 N–H and O–H groups in total. The van der Waals surface area contributed by atoms with Crippen molar-refractivity contribution in [2.24, 2.45) is 17.6 Å². The van der Waals surface area contributed by atoms with Crippen molar-refractivity contribution in [1.29, 1.82) is 0 Å². The monoisotopic (exact) mass is 237 g/mol. The number of alkyl halides is 1. The zero-order chi connectivity index (χ0) is 6.43. The van der Waals surface area contributed by atoms with Gasteiger partial charge in [-0.2, -0.15) is 0 Å². The molecule has 2 atom stereocenters. The molecule has 52 valence electrons. The van der Waals surface area contributed by atoms with Crippen molar-refractivity contribution in [3.8, 4) is 0 Å². The Hall–Kier alpha value is 0.690. The first-order chi connectivity index (χ1) is 4.27. The maximum Gasteiger partial charge on any atom is 0.0153 e. The van der Waals surface area contributed by atoms with E-state index in [0.29, 0.717) is 6.04 Å². The smallest absolute Gasteiger partial charge is 0.0153 e. The van der Waals surface area contributed by atoms with Gasteiger partial charge >= 0.3 is 0 Å². The average molecular weight is 237 g/mol. The predicted molar refractivity (Wildman–Crippen MR) is 46.6 cm³/mol. The maximum atomic E-state index is 5.90. The summed E-state index contributed by atoms with van der Waals surface area (Å²) < 4.78 is 0.891. The molecule has 3 rings (SSSR count). The Morgan fingerprint density at radius 2 is 1.78 bits per heavy atom. The molecule has 0 radical (unpaired) electrons. The summed E-state index contributed by atoms with van der Waals surface area (Å²) in [6, 6.07) is 0.539. The molecule has 0 saturated heterocycles. The lowest BCUT2D eigenvalue weighted by Gasteiger charge is -2.48. The van der Waals surface area contributed by atoms with Gasteiger partial charge in [-0.3, -0.25) is 0 Å². The molecular weight excluding hydrogens is 225 g/mol. The molecule has 3 aliphatic rings. The highest BCUT2D eigenvalue weighted by molar-refractivity contribution is 14.1. The quantitative estimate of drug-likeness (QED) is 0.502. The lowest BCUT2D eigenvalue weighted by molar-refractivity contribution is 0.104. The van der Waals surface area contributed by atoms with Crippen LogP contribution in [-0.2, 0) is 0 Å². The summed E-state index contributed by atoms with van der Waals surface area (Å²) in [4.78, 5) is 0. The van der Waals surface area contributed by atoms with Gasteiger partial charge in [-0.1, -0.05) is 22.6 Å². The van der Waals surface area contributed by atoms with E-state index >= 15 is 0 Å². The molecule has 3 aliphatic carbocycles. The van der Waals surface area contributed by atoms with Gasteiger partial charge in [0.15, 0.2) is 0 Å². The van der Waals surface area contributed by atoms with Crippen molar-refractivity contribution < 1.29 is 0 Å². The SMILES string of the molecule is N[C@H]1C[C@@H](I)C2CC1C2. The van der Waals surface area contributed by atoms with Gasteiger partial charge in [-0.05, 0) is 31.1 Å². The number of fused-ring (bicyclic) bond motifs is 2. The number of rotatable bonds is 0. The van der Waals surface area contributed by atoms with Crippen LogP contribution in [0.2, 0.25) is 0 Å². The molecule has 0 amide bonds. The minimum Gasteiger partial charge on any atom is -0.327 e. The van der Waals surface area contributed by atoms with Gasteiger partial charge in [-0.25, -0.2) is 0 Å². The molecule has 0 heterocycles. The van der Waals surface area contributed by atoms with Crippen molar-refractivity contribution in [3.05, 3.63) is 0 Å². The third-order valence-corrected chi connectivity index (χ3v) is 4.35. The highest BCUT2D eigenvalue weighted by Crippen LogP contribution is 2.47. The fourth-order valence-electron chi connectivity index (χ4n) is 2.00. The molecule has 0 aromatic carbocycles. The van der Waals surface area contributed by atoms with Gasteiger partial charge in [0.1, 0.15) is 0 Å². The first-order valence-electron chi connectivity index (χ1n) is 3.67. The normalized spacial score (nSPS) is 56.7.